The molecule has 1 N–H and O–H groups in total. The first kappa shape index (κ1) is 24.3. The molecule has 2 aromatic rings. The van der Waals surface area contributed by atoms with E-state index in [1.807, 2.05) is 12.1 Å². The van der Waals surface area contributed by atoms with Crippen LogP contribution in [0, 0.1) is 5.92 Å². The highest BCUT2D eigenvalue weighted by Gasteiger charge is 2.30. The number of carbonyl (C=O) groups excluding carboxylic acids is 1. The summed E-state index contributed by atoms with van der Waals surface area (Å²) in [6.07, 6.45) is 1.87. The molecule has 182 valence electrons. The second-order valence-corrected chi connectivity index (χ2v) is 9.02. The molecule has 0 spiro atoms. The summed E-state index contributed by atoms with van der Waals surface area (Å²) in [5.74, 6) is 0.574. The zero-order valence-corrected chi connectivity index (χ0v) is 19.2. The molecule has 1 aromatic carbocycles. The Balaban J connectivity index is 1.51. The lowest BCUT2D eigenvalue weighted by atomic mass is 9.93. The molecule has 2 fully saturated rings. The molecule has 1 heterocycles. The van der Waals surface area contributed by atoms with Crippen LogP contribution in [-0.4, -0.2) is 42.0 Å². The first-order valence-electron chi connectivity index (χ1n) is 11.2. The molecule has 6 nitrogen and oxygen atoms in total. The first-order valence-corrected chi connectivity index (χ1v) is 11.6. The van der Waals surface area contributed by atoms with Crippen molar-refractivity contribution in [2.75, 3.05) is 13.2 Å². The molecule has 2 saturated carbocycles. The molecule has 1 aromatic heterocycles. The van der Waals surface area contributed by atoms with E-state index < -0.39 is 24.7 Å². The molecule has 0 saturated heterocycles. The normalized spacial score (nSPS) is 19.6. The monoisotopic (exact) mass is 495 g/mol. The van der Waals surface area contributed by atoms with Gasteiger partial charge in [-0.2, -0.15) is 13.2 Å². The van der Waals surface area contributed by atoms with Gasteiger partial charge in [0.1, 0.15) is 0 Å². The summed E-state index contributed by atoms with van der Waals surface area (Å²) in [6.45, 7) is -0.896. The lowest BCUT2D eigenvalue weighted by Crippen LogP contribution is -2.42. The van der Waals surface area contributed by atoms with Crippen LogP contribution in [0.5, 0.6) is 5.88 Å². The Bertz CT molecular complexity index is 1040. The largest absolute Gasteiger partial charge is 0.477 e. The van der Waals surface area contributed by atoms with Gasteiger partial charge in [0.25, 0.3) is 5.91 Å². The highest BCUT2D eigenvalue weighted by Crippen LogP contribution is 2.33. The van der Waals surface area contributed by atoms with Crippen LogP contribution in [0.2, 0.25) is 5.02 Å². The lowest BCUT2D eigenvalue weighted by molar-refractivity contribution is -0.173. The van der Waals surface area contributed by atoms with Crippen molar-refractivity contribution in [2.45, 2.75) is 50.7 Å². The van der Waals surface area contributed by atoms with Crippen molar-refractivity contribution < 1.29 is 27.5 Å². The molecule has 0 radical (unpaired) electrons. The number of nitrogens with zero attached hydrogens (tertiary/aromatic N) is 2. The Morgan fingerprint density at radius 1 is 1.18 bits per heavy atom. The SMILES string of the molecule is O=C(N[C@H]1CCCC/C1=N\OCC(F)(F)F)c1cnc(OCC2CC2)c(-c2ccc(Cl)cc2)c1. The average Bonchev–Trinajstić information content (AvgIpc) is 3.63. The van der Waals surface area contributed by atoms with E-state index in [9.17, 15) is 18.0 Å². The molecule has 2 aliphatic rings. The second-order valence-electron chi connectivity index (χ2n) is 8.58. The summed E-state index contributed by atoms with van der Waals surface area (Å²) in [6, 6.07) is 8.36. The molecule has 34 heavy (non-hydrogen) atoms. The summed E-state index contributed by atoms with van der Waals surface area (Å²) in [7, 11) is 0. The number of hydrogen-bond donors (Lipinski definition) is 1. The van der Waals surface area contributed by atoms with Gasteiger partial charge in [-0.25, -0.2) is 4.98 Å². The number of carbonyl (C=O) groups is 1. The van der Waals surface area contributed by atoms with Crippen molar-refractivity contribution in [2.24, 2.45) is 11.1 Å². The lowest BCUT2D eigenvalue weighted by Gasteiger charge is -2.24. The van der Waals surface area contributed by atoms with E-state index in [1.165, 1.54) is 6.20 Å². The summed E-state index contributed by atoms with van der Waals surface area (Å²) in [5.41, 5.74) is 2.18. The predicted molar refractivity (Wildman–Crippen MR) is 122 cm³/mol. The highest BCUT2D eigenvalue weighted by molar-refractivity contribution is 6.30. The number of ether oxygens (including phenoxy) is 1. The Morgan fingerprint density at radius 3 is 2.65 bits per heavy atom. The molecule has 10 heteroatoms. The van der Waals surface area contributed by atoms with Gasteiger partial charge >= 0.3 is 6.18 Å². The number of oxime groups is 1. The summed E-state index contributed by atoms with van der Waals surface area (Å²) in [5, 5.41) is 7.12. The van der Waals surface area contributed by atoms with E-state index in [2.05, 4.69) is 20.3 Å². The molecule has 1 atom stereocenters. The minimum absolute atomic E-state index is 0.310. The fourth-order valence-electron chi connectivity index (χ4n) is 3.70. The van der Waals surface area contributed by atoms with Crippen LogP contribution in [0.15, 0.2) is 41.7 Å². The highest BCUT2D eigenvalue weighted by atomic mass is 35.5. The number of amides is 1. The third kappa shape index (κ3) is 6.85. The molecule has 0 unspecified atom stereocenters. The maximum Gasteiger partial charge on any atom is 0.425 e. The summed E-state index contributed by atoms with van der Waals surface area (Å²) >= 11 is 6.02. The van der Waals surface area contributed by atoms with Crippen molar-refractivity contribution >= 4 is 23.2 Å². The van der Waals surface area contributed by atoms with E-state index in [-0.39, 0.29) is 0 Å². The van der Waals surface area contributed by atoms with E-state index in [0.29, 0.717) is 53.1 Å². The smallest absolute Gasteiger partial charge is 0.425 e. The topological polar surface area (TPSA) is 72.8 Å². The molecule has 4 rings (SSSR count). The second kappa shape index (κ2) is 10.6. The first-order chi connectivity index (χ1) is 16.3. The maximum atomic E-state index is 13.0. The number of hydrogen-bond acceptors (Lipinski definition) is 5. The fraction of sp³-hybridized carbons (Fsp3) is 0.458. The van der Waals surface area contributed by atoms with Crippen molar-refractivity contribution in [3.05, 3.63) is 47.1 Å². The molecule has 2 aliphatic carbocycles. The van der Waals surface area contributed by atoms with Crippen LogP contribution < -0.4 is 10.1 Å². The Hall–Kier alpha value is -2.81. The van der Waals surface area contributed by atoms with E-state index in [4.69, 9.17) is 16.3 Å². The van der Waals surface area contributed by atoms with Gasteiger partial charge in [-0.1, -0.05) is 35.3 Å². The molecular weight excluding hydrogens is 471 g/mol. The van der Waals surface area contributed by atoms with Crippen LogP contribution >= 0.6 is 11.6 Å². The zero-order valence-electron chi connectivity index (χ0n) is 18.4. The van der Waals surface area contributed by atoms with Crippen molar-refractivity contribution in [1.82, 2.24) is 10.3 Å². The number of halogens is 4. The van der Waals surface area contributed by atoms with Gasteiger partial charge in [0, 0.05) is 16.8 Å². The van der Waals surface area contributed by atoms with Gasteiger partial charge in [0.2, 0.25) is 12.5 Å². The minimum Gasteiger partial charge on any atom is -0.477 e. The molecule has 0 aliphatic heterocycles. The van der Waals surface area contributed by atoms with E-state index in [0.717, 1.165) is 31.2 Å². The van der Waals surface area contributed by atoms with Crippen LogP contribution in [0.4, 0.5) is 13.2 Å². The van der Waals surface area contributed by atoms with Crippen LogP contribution in [0.3, 0.4) is 0 Å². The third-order valence-electron chi connectivity index (χ3n) is 5.71. The van der Waals surface area contributed by atoms with Gasteiger partial charge < -0.3 is 14.9 Å². The van der Waals surface area contributed by atoms with Gasteiger partial charge in [0.15, 0.2) is 0 Å². The predicted octanol–water partition coefficient (Wildman–Crippen LogP) is 5.80. The number of benzene rings is 1. The number of pyridine rings is 1. The van der Waals surface area contributed by atoms with Gasteiger partial charge in [-0.05, 0) is 61.8 Å². The van der Waals surface area contributed by atoms with Gasteiger partial charge in [-0.3, -0.25) is 4.79 Å². The van der Waals surface area contributed by atoms with Gasteiger partial charge in [-0.15, -0.1) is 0 Å². The average molecular weight is 496 g/mol. The van der Waals surface area contributed by atoms with Crippen molar-refractivity contribution in [1.29, 1.82) is 0 Å². The summed E-state index contributed by atoms with van der Waals surface area (Å²) < 4.78 is 43.1. The number of alkyl halides is 3. The maximum absolute atomic E-state index is 13.0. The van der Waals surface area contributed by atoms with Crippen LogP contribution in [0.25, 0.3) is 11.1 Å². The van der Waals surface area contributed by atoms with E-state index in [1.54, 1.807) is 18.2 Å². The standard InChI is InChI=1S/C24H25ClF3N3O3/c25-18-9-7-16(8-10-18)19-11-17(12-29-23(19)33-13-15-5-6-15)22(32)30-20-3-1-2-4-21(20)31-34-14-24(26,27)28/h7-12,15,20H,1-6,13-14H2,(H,30,32)/b31-21+/t20-/m0/s1. The fourth-order valence-corrected chi connectivity index (χ4v) is 3.83. The molecular formula is C24H25ClF3N3O3. The van der Waals surface area contributed by atoms with Crippen LogP contribution in [0.1, 0.15) is 48.9 Å². The Labute approximate surface area is 200 Å². The molecule has 0 bridgehead atoms. The molecule has 1 amide bonds. The number of rotatable bonds is 8. The van der Waals surface area contributed by atoms with Crippen LogP contribution in [-0.2, 0) is 4.84 Å². The van der Waals surface area contributed by atoms with E-state index >= 15 is 0 Å². The third-order valence-corrected chi connectivity index (χ3v) is 5.97. The Kier molecular flexibility index (Phi) is 7.60. The number of aromatic nitrogens is 1. The summed E-state index contributed by atoms with van der Waals surface area (Å²) in [4.78, 5) is 21.9. The van der Waals surface area contributed by atoms with Gasteiger partial charge in [0.05, 0.1) is 23.9 Å². The quantitative estimate of drug-likeness (QED) is 0.470. The van der Waals surface area contributed by atoms with Crippen molar-refractivity contribution in [3.8, 4) is 17.0 Å². The zero-order chi connectivity index (χ0) is 24.1. The number of nitrogens with one attached hydrogen (secondary N) is 1. The van der Waals surface area contributed by atoms with Crippen molar-refractivity contribution in [3.63, 3.8) is 0 Å². The minimum atomic E-state index is -4.47. The Morgan fingerprint density at radius 2 is 1.94 bits per heavy atom.